The molecule has 4 bridgehead atoms. The Bertz CT molecular complexity index is 1750. The molecule has 1 unspecified atom stereocenters. The van der Waals surface area contributed by atoms with Gasteiger partial charge < -0.3 is 45.1 Å². The summed E-state index contributed by atoms with van der Waals surface area (Å²) in [4.78, 5) is 66.3. The predicted octanol–water partition coefficient (Wildman–Crippen LogP) is 3.94. The van der Waals surface area contributed by atoms with Crippen molar-refractivity contribution in [1.29, 1.82) is 0 Å². The topological polar surface area (TPSA) is 216 Å². The van der Waals surface area contributed by atoms with E-state index in [2.05, 4.69) is 16.0 Å². The van der Waals surface area contributed by atoms with E-state index >= 15 is 0 Å². The molecule has 2 saturated heterocycles. The molecule has 0 aromatic heterocycles. The average Bonchev–Trinajstić information content (AvgIpc) is 3.87. The third-order valence-electron chi connectivity index (χ3n) is 10.8. The van der Waals surface area contributed by atoms with Crippen molar-refractivity contribution >= 4 is 68.7 Å². The molecule has 0 aliphatic carbocycles. The second kappa shape index (κ2) is 20.8. The van der Waals surface area contributed by atoms with Crippen molar-refractivity contribution in [3.05, 3.63) is 52.1 Å². The fourth-order valence-electron chi connectivity index (χ4n) is 7.11. The number of aliphatic hydroxyl groups excluding tert-OH is 2. The maximum atomic E-state index is 14.1. The molecule has 322 valence electrons. The second-order valence-corrected chi connectivity index (χ2v) is 18.8. The van der Waals surface area contributed by atoms with Gasteiger partial charge in [0, 0.05) is 56.2 Å². The van der Waals surface area contributed by atoms with Crippen LogP contribution in [0, 0.1) is 11.8 Å². The van der Waals surface area contributed by atoms with E-state index in [0.717, 1.165) is 11.1 Å². The fraction of sp³-hybridized carbons (Fsp3) is 0.625. The van der Waals surface area contributed by atoms with E-state index in [-0.39, 0.29) is 48.0 Å². The summed E-state index contributed by atoms with van der Waals surface area (Å²) in [5.74, 6) is -2.70. The van der Waals surface area contributed by atoms with Crippen molar-refractivity contribution in [2.45, 2.75) is 121 Å². The lowest BCUT2D eigenvalue weighted by Gasteiger charge is -2.42. The molecule has 0 spiro atoms. The van der Waals surface area contributed by atoms with Gasteiger partial charge in [-0.3, -0.25) is 19.7 Å². The number of alkyl carbamates (subject to hydrolysis) is 1. The third kappa shape index (κ3) is 12.1. The van der Waals surface area contributed by atoms with Crippen LogP contribution in [0.1, 0.15) is 77.8 Å². The number of allylic oxidation sites excluding steroid dienone is 3. The summed E-state index contributed by atoms with van der Waals surface area (Å²) >= 11 is 6.72. The van der Waals surface area contributed by atoms with Crippen molar-refractivity contribution in [3.8, 4) is 0 Å². The van der Waals surface area contributed by atoms with Gasteiger partial charge in [-0.05, 0) is 50.8 Å². The van der Waals surface area contributed by atoms with Crippen LogP contribution in [0.4, 0.5) is 10.5 Å². The summed E-state index contributed by atoms with van der Waals surface area (Å²) in [5.41, 5.74) is -0.803. The van der Waals surface area contributed by atoms with Crippen molar-refractivity contribution < 1.29 is 53.5 Å². The molecule has 4 rings (SSSR count). The normalized spacial score (nSPS) is 30.0. The third-order valence-corrected chi connectivity index (χ3v) is 14.2. The molecule has 18 heteroatoms. The SMILES string of the molecule is CNC(=O)CCC(C)SSCCC(=O)N[C@@H](C)C(=O)O[C@H]1CC(=O)N(C)c2cc(cc(CO)c2Cl)C/C(C)=C/C=C/[C@@H](CO)[C@@]2(O)C[C@H](OC(=O)N2)[C@@H](C)[C@@H]2O[C@@]12C. The van der Waals surface area contributed by atoms with Crippen LogP contribution in [0.25, 0.3) is 0 Å². The molecule has 15 nitrogen and oxygen atoms in total. The highest BCUT2D eigenvalue weighted by Crippen LogP contribution is 2.49. The maximum absolute atomic E-state index is 14.1. The molecule has 3 aliphatic heterocycles. The molecule has 2 fully saturated rings. The van der Waals surface area contributed by atoms with Crippen LogP contribution in [-0.2, 0) is 46.4 Å². The number of rotatable bonds is 13. The van der Waals surface area contributed by atoms with Gasteiger partial charge in [-0.15, -0.1) is 0 Å². The van der Waals surface area contributed by atoms with E-state index in [1.807, 2.05) is 13.8 Å². The molecular weight excluding hydrogens is 812 g/mol. The second-order valence-electron chi connectivity index (χ2n) is 15.5. The predicted molar refractivity (Wildman–Crippen MR) is 223 cm³/mol. The summed E-state index contributed by atoms with van der Waals surface area (Å²) in [5, 5.41) is 40.3. The number of halogens is 1. The van der Waals surface area contributed by atoms with Gasteiger partial charge in [-0.2, -0.15) is 0 Å². The Hall–Kier alpha value is -3.32. The first-order valence-corrected chi connectivity index (χ1v) is 22.1. The van der Waals surface area contributed by atoms with Crippen molar-refractivity contribution in [3.63, 3.8) is 0 Å². The lowest BCUT2D eigenvalue weighted by atomic mass is 9.81. The Kier molecular flexibility index (Phi) is 17.0. The number of fused-ring (bicyclic) bond motifs is 5. The number of carbonyl (C=O) groups excluding carboxylic acids is 5. The van der Waals surface area contributed by atoms with Gasteiger partial charge in [0.2, 0.25) is 17.7 Å². The first-order chi connectivity index (χ1) is 27.3. The van der Waals surface area contributed by atoms with Crippen molar-refractivity contribution in [2.75, 3.05) is 31.4 Å². The zero-order chi connectivity index (χ0) is 42.9. The highest BCUT2D eigenvalue weighted by molar-refractivity contribution is 8.76. The Balaban J connectivity index is 1.58. The Morgan fingerprint density at radius 2 is 1.90 bits per heavy atom. The molecule has 4 amide bonds. The minimum atomic E-state index is -1.88. The monoisotopic (exact) mass is 868 g/mol. The number of anilines is 1. The number of hydrogen-bond donors (Lipinski definition) is 6. The Labute approximate surface area is 352 Å². The Morgan fingerprint density at radius 3 is 2.57 bits per heavy atom. The van der Waals surface area contributed by atoms with Crippen LogP contribution >= 0.6 is 33.2 Å². The standard InChI is InChI=1S/C40H57ClN4O11S2/c1-22-9-8-10-28(21-47)40(53)19-30(54-38(52)44-40)24(3)36-39(5,56-36)31(18-34(50)45(7)29-17-26(15-22)16-27(20-46)35(29)41)55-37(51)25(4)43-33(49)13-14-57-58-23(2)11-12-32(48)42-6/h8-10,16-17,23-25,28,30-31,36,46-47,53H,11-15,18-21H2,1-7H3,(H,42,48)(H,43,49)(H,44,52)/b10-8+,22-9+/t23?,24-,25+,28+,30+,31+,36+,39+,40+/m1/s1. The largest absolute Gasteiger partial charge is 0.457 e. The summed E-state index contributed by atoms with van der Waals surface area (Å²) < 4.78 is 17.9. The average molecular weight is 870 g/mol. The van der Waals surface area contributed by atoms with Crippen LogP contribution in [0.15, 0.2) is 35.9 Å². The number of nitrogens with one attached hydrogen (secondary N) is 3. The van der Waals surface area contributed by atoms with E-state index in [1.165, 1.54) is 29.7 Å². The van der Waals surface area contributed by atoms with E-state index in [4.69, 9.17) is 25.8 Å². The summed E-state index contributed by atoms with van der Waals surface area (Å²) in [6.45, 7) is 7.92. The van der Waals surface area contributed by atoms with Crippen molar-refractivity contribution in [2.24, 2.45) is 11.8 Å². The lowest BCUT2D eigenvalue weighted by molar-refractivity contribution is -0.157. The molecule has 0 saturated carbocycles. The quantitative estimate of drug-likeness (QED) is 0.0718. The van der Waals surface area contributed by atoms with E-state index < -0.39 is 72.1 Å². The first kappa shape index (κ1) is 47.4. The number of esters is 1. The van der Waals surface area contributed by atoms with Gasteiger partial charge in [0.1, 0.15) is 23.9 Å². The molecule has 1 aromatic carbocycles. The van der Waals surface area contributed by atoms with Gasteiger partial charge >= 0.3 is 12.1 Å². The lowest BCUT2D eigenvalue weighted by Crippen LogP contribution is -2.62. The molecule has 0 radical (unpaired) electrons. The van der Waals surface area contributed by atoms with Gasteiger partial charge in [-0.1, -0.05) is 76.9 Å². The van der Waals surface area contributed by atoms with Gasteiger partial charge in [0.15, 0.2) is 5.72 Å². The number of carbonyl (C=O) groups is 5. The number of nitrogens with zero attached hydrogens (tertiary/aromatic N) is 1. The van der Waals surface area contributed by atoms with Crippen molar-refractivity contribution in [1.82, 2.24) is 16.0 Å². The number of hydrogen-bond acceptors (Lipinski definition) is 13. The zero-order valence-corrected chi connectivity index (χ0v) is 36.4. The smallest absolute Gasteiger partial charge is 0.409 e. The van der Waals surface area contributed by atoms with E-state index in [1.54, 1.807) is 62.0 Å². The summed E-state index contributed by atoms with van der Waals surface area (Å²) in [6.07, 6.45) is 2.56. The van der Waals surface area contributed by atoms with Crippen LogP contribution in [0.2, 0.25) is 5.02 Å². The molecule has 58 heavy (non-hydrogen) atoms. The van der Waals surface area contributed by atoms with Gasteiger partial charge in [0.05, 0.1) is 36.4 Å². The maximum Gasteiger partial charge on any atom is 0.409 e. The first-order valence-electron chi connectivity index (χ1n) is 19.4. The molecule has 3 aliphatic rings. The number of aliphatic hydroxyl groups is 3. The fourth-order valence-corrected chi connectivity index (χ4v) is 9.75. The van der Waals surface area contributed by atoms with Crippen LogP contribution in [0.3, 0.4) is 0 Å². The van der Waals surface area contributed by atoms with Gasteiger partial charge in [-0.25, -0.2) is 9.59 Å². The van der Waals surface area contributed by atoms with Crippen LogP contribution in [0.5, 0.6) is 0 Å². The highest BCUT2D eigenvalue weighted by atomic mass is 35.5. The van der Waals surface area contributed by atoms with Crippen LogP contribution in [-0.4, -0.2) is 112 Å². The van der Waals surface area contributed by atoms with Gasteiger partial charge in [0.25, 0.3) is 0 Å². The number of amides is 4. The number of benzene rings is 1. The van der Waals surface area contributed by atoms with Crippen LogP contribution < -0.4 is 20.9 Å². The highest BCUT2D eigenvalue weighted by Gasteiger charge is 2.64. The molecular formula is C40H57ClN4O11S2. The molecule has 6 N–H and O–H groups in total. The molecule has 9 atom stereocenters. The minimum absolute atomic E-state index is 0.0287. The molecule has 1 aromatic rings. The van der Waals surface area contributed by atoms with E-state index in [0.29, 0.717) is 36.3 Å². The van der Waals surface area contributed by atoms with E-state index in [9.17, 15) is 39.3 Å². The minimum Gasteiger partial charge on any atom is -0.457 e. The summed E-state index contributed by atoms with van der Waals surface area (Å²) in [7, 11) is 6.20. The number of ether oxygens (including phenoxy) is 3. The summed E-state index contributed by atoms with van der Waals surface area (Å²) in [6, 6.07) is 2.40. The number of epoxide rings is 1. The zero-order valence-electron chi connectivity index (χ0n) is 34.0. The molecule has 3 heterocycles. The Morgan fingerprint density at radius 1 is 1.17 bits per heavy atom.